The minimum Gasteiger partial charge on any atom is -0.356 e. The first-order chi connectivity index (χ1) is 14.1. The average Bonchev–Trinajstić information content (AvgIpc) is 3.36. The highest BCUT2D eigenvalue weighted by atomic mass is 32.1. The summed E-state index contributed by atoms with van der Waals surface area (Å²) in [5, 5.41) is 0.503. The molecule has 2 aliphatic heterocycles. The molecule has 0 aromatic carbocycles. The minimum absolute atomic E-state index is 0.112. The highest BCUT2D eigenvalue weighted by molar-refractivity contribution is 7.17. The number of fused-ring (bicyclic) bond motifs is 1. The van der Waals surface area contributed by atoms with Gasteiger partial charge in [-0.3, -0.25) is 9.78 Å². The fourth-order valence-electron chi connectivity index (χ4n) is 3.91. The van der Waals surface area contributed by atoms with Crippen LogP contribution < -0.4 is 9.80 Å². The molecule has 8 heteroatoms. The number of amides is 1. The van der Waals surface area contributed by atoms with Crippen LogP contribution >= 0.6 is 11.3 Å². The van der Waals surface area contributed by atoms with Gasteiger partial charge in [-0.25, -0.2) is 9.97 Å². The maximum Gasteiger partial charge on any atom is 0.270 e. The quantitative estimate of drug-likeness (QED) is 0.616. The number of rotatable bonds is 3. The Morgan fingerprint density at radius 3 is 2.83 bits per heavy atom. The molecule has 148 valence electrons. The van der Waals surface area contributed by atoms with Gasteiger partial charge in [0.1, 0.15) is 15.7 Å². The highest BCUT2D eigenvalue weighted by Crippen LogP contribution is 2.35. The van der Waals surface area contributed by atoms with Gasteiger partial charge in [-0.1, -0.05) is 6.92 Å². The monoisotopic (exact) mass is 409 g/mol. The molecule has 1 amide bonds. The number of carbonyl (C=O) groups is 1. The molecule has 0 N–H and O–H groups in total. The van der Waals surface area contributed by atoms with Gasteiger partial charge in [0.05, 0.1) is 23.1 Å². The van der Waals surface area contributed by atoms with Crippen LogP contribution in [0.3, 0.4) is 0 Å². The Morgan fingerprint density at radius 1 is 1.21 bits per heavy atom. The smallest absolute Gasteiger partial charge is 0.270 e. The third kappa shape index (κ3) is 3.27. The molecular formula is C21H20FN5OS. The SMILES string of the molecule is C[C@@H]1CCN(c2ccc(-c3nc4c(s3)C(=O)N(c3cccnc3)CC4)c(F)n2)C1. The number of aromatic nitrogens is 3. The van der Waals surface area contributed by atoms with Crippen LogP contribution in [-0.2, 0) is 6.42 Å². The van der Waals surface area contributed by atoms with E-state index in [1.807, 2.05) is 12.1 Å². The molecular weight excluding hydrogens is 389 g/mol. The molecule has 3 aromatic heterocycles. The number of hydrogen-bond acceptors (Lipinski definition) is 6. The minimum atomic E-state index is -0.537. The second-order valence-electron chi connectivity index (χ2n) is 7.56. The summed E-state index contributed by atoms with van der Waals surface area (Å²) in [5.41, 5.74) is 1.84. The van der Waals surface area contributed by atoms with Gasteiger partial charge in [-0.05, 0) is 36.6 Å². The maximum atomic E-state index is 14.8. The van der Waals surface area contributed by atoms with Crippen LogP contribution in [0.5, 0.6) is 0 Å². The Kier molecular flexibility index (Phi) is 4.50. The van der Waals surface area contributed by atoms with Crippen molar-refractivity contribution in [1.29, 1.82) is 0 Å². The molecule has 1 fully saturated rings. The summed E-state index contributed by atoms with van der Waals surface area (Å²) in [6.07, 6.45) is 5.08. The third-order valence-corrected chi connectivity index (χ3v) is 6.60. The number of thiazole rings is 1. The van der Waals surface area contributed by atoms with Crippen LogP contribution in [0, 0.1) is 11.9 Å². The van der Waals surface area contributed by atoms with Crippen molar-refractivity contribution in [1.82, 2.24) is 15.0 Å². The van der Waals surface area contributed by atoms with Crippen molar-refractivity contribution in [2.45, 2.75) is 19.8 Å². The number of nitrogens with zero attached hydrogens (tertiary/aromatic N) is 5. The van der Waals surface area contributed by atoms with E-state index in [0.29, 0.717) is 40.1 Å². The Morgan fingerprint density at radius 2 is 2.10 bits per heavy atom. The molecule has 6 nitrogen and oxygen atoms in total. The van der Waals surface area contributed by atoms with Crippen LogP contribution in [0.15, 0.2) is 36.7 Å². The van der Waals surface area contributed by atoms with Gasteiger partial charge in [-0.2, -0.15) is 4.39 Å². The standard InChI is InChI=1S/C21H20FN5OS/c1-13-6-9-26(12-13)17-5-4-15(19(22)25-17)20-24-16-7-10-27(21(28)18(16)29-20)14-3-2-8-23-11-14/h2-5,8,11,13H,6-7,9-10,12H2,1H3/t13-/m1/s1. The predicted molar refractivity (Wildman–Crippen MR) is 111 cm³/mol. The third-order valence-electron chi connectivity index (χ3n) is 5.48. The van der Waals surface area contributed by atoms with Crippen molar-refractivity contribution in [3.8, 4) is 10.6 Å². The molecule has 0 radical (unpaired) electrons. The Balaban J connectivity index is 1.43. The van der Waals surface area contributed by atoms with Crippen LogP contribution in [0.2, 0.25) is 0 Å². The molecule has 1 atom stereocenters. The van der Waals surface area contributed by atoms with Crippen LogP contribution in [0.1, 0.15) is 28.7 Å². The Hall–Kier alpha value is -2.87. The lowest BCUT2D eigenvalue weighted by Crippen LogP contribution is -2.36. The molecule has 0 bridgehead atoms. The molecule has 5 heterocycles. The van der Waals surface area contributed by atoms with Crippen molar-refractivity contribution < 1.29 is 9.18 Å². The van der Waals surface area contributed by atoms with Gasteiger partial charge in [0, 0.05) is 32.3 Å². The van der Waals surface area contributed by atoms with Gasteiger partial charge in [0.25, 0.3) is 5.91 Å². The number of carbonyl (C=O) groups excluding carboxylic acids is 1. The summed E-state index contributed by atoms with van der Waals surface area (Å²) in [6, 6.07) is 7.24. The second kappa shape index (κ2) is 7.18. The molecule has 0 spiro atoms. The van der Waals surface area contributed by atoms with Crippen molar-refractivity contribution in [3.63, 3.8) is 0 Å². The largest absolute Gasteiger partial charge is 0.356 e. The first-order valence-corrected chi connectivity index (χ1v) is 10.6. The van der Waals surface area contributed by atoms with Crippen LogP contribution in [0.25, 0.3) is 10.6 Å². The number of anilines is 2. The lowest BCUT2D eigenvalue weighted by molar-refractivity contribution is 0.0984. The molecule has 29 heavy (non-hydrogen) atoms. The molecule has 0 saturated carbocycles. The second-order valence-corrected chi connectivity index (χ2v) is 8.56. The van der Waals surface area contributed by atoms with Gasteiger partial charge < -0.3 is 9.80 Å². The zero-order valence-electron chi connectivity index (χ0n) is 16.0. The number of hydrogen-bond donors (Lipinski definition) is 0. The molecule has 5 rings (SSSR count). The summed E-state index contributed by atoms with van der Waals surface area (Å²) in [7, 11) is 0. The average molecular weight is 409 g/mol. The van der Waals surface area contributed by atoms with Gasteiger partial charge in [0.2, 0.25) is 5.95 Å². The first-order valence-electron chi connectivity index (χ1n) is 9.73. The van der Waals surface area contributed by atoms with E-state index in [9.17, 15) is 9.18 Å². The molecule has 2 aliphatic rings. The zero-order valence-corrected chi connectivity index (χ0v) is 16.8. The number of pyridine rings is 2. The van der Waals surface area contributed by atoms with E-state index in [1.165, 1.54) is 11.3 Å². The van der Waals surface area contributed by atoms with Crippen LogP contribution in [-0.4, -0.2) is 40.5 Å². The van der Waals surface area contributed by atoms with Crippen molar-refractivity contribution in [3.05, 3.63) is 53.2 Å². The van der Waals surface area contributed by atoms with Crippen molar-refractivity contribution in [2.75, 3.05) is 29.4 Å². The summed E-state index contributed by atoms with van der Waals surface area (Å²) in [6.45, 7) is 4.53. The lowest BCUT2D eigenvalue weighted by Gasteiger charge is -2.25. The molecule has 0 unspecified atom stereocenters. The highest BCUT2D eigenvalue weighted by Gasteiger charge is 2.30. The molecule has 3 aromatic rings. The summed E-state index contributed by atoms with van der Waals surface area (Å²) in [4.78, 5) is 30.2. The maximum absolute atomic E-state index is 14.8. The lowest BCUT2D eigenvalue weighted by atomic mass is 10.1. The van der Waals surface area contributed by atoms with E-state index >= 15 is 0 Å². The van der Waals surface area contributed by atoms with Crippen molar-refractivity contribution in [2.24, 2.45) is 5.92 Å². The van der Waals surface area contributed by atoms with E-state index in [2.05, 4.69) is 26.8 Å². The summed E-state index contributed by atoms with van der Waals surface area (Å²) in [5.74, 6) is 0.610. The van der Waals surface area contributed by atoms with E-state index in [4.69, 9.17) is 0 Å². The predicted octanol–water partition coefficient (Wildman–Crippen LogP) is 3.79. The van der Waals surface area contributed by atoms with E-state index in [-0.39, 0.29) is 5.91 Å². The van der Waals surface area contributed by atoms with Gasteiger partial charge in [-0.15, -0.1) is 11.3 Å². The van der Waals surface area contributed by atoms with Gasteiger partial charge in [0.15, 0.2) is 0 Å². The fourth-order valence-corrected chi connectivity index (χ4v) is 4.98. The molecule has 0 aliphatic carbocycles. The summed E-state index contributed by atoms with van der Waals surface area (Å²) < 4.78 is 14.8. The van der Waals surface area contributed by atoms with Crippen LogP contribution in [0.4, 0.5) is 15.9 Å². The fraction of sp³-hybridized carbons (Fsp3) is 0.333. The molecule has 1 saturated heterocycles. The Bertz CT molecular complexity index is 1070. The normalized spacial score (nSPS) is 19.0. The van der Waals surface area contributed by atoms with E-state index in [1.54, 1.807) is 29.4 Å². The van der Waals surface area contributed by atoms with Gasteiger partial charge >= 0.3 is 0 Å². The topological polar surface area (TPSA) is 62.2 Å². The first kappa shape index (κ1) is 18.2. The zero-order chi connectivity index (χ0) is 20.0. The Labute approximate surface area is 172 Å². The van der Waals surface area contributed by atoms with E-state index in [0.717, 1.165) is 30.9 Å². The van der Waals surface area contributed by atoms with Crippen molar-refractivity contribution >= 4 is 28.7 Å². The number of halogens is 1. The summed E-state index contributed by atoms with van der Waals surface area (Å²) >= 11 is 1.23. The van der Waals surface area contributed by atoms with E-state index < -0.39 is 5.95 Å².